The van der Waals surface area contributed by atoms with Crippen LogP contribution in [0.1, 0.15) is 70.5 Å². The van der Waals surface area contributed by atoms with Gasteiger partial charge in [0.05, 0.1) is 5.69 Å². The summed E-state index contributed by atoms with van der Waals surface area (Å²) < 4.78 is 2.03. The first-order valence-electron chi connectivity index (χ1n) is 7.42. The molecule has 2 N–H and O–H groups in total. The van der Waals surface area contributed by atoms with Crippen LogP contribution in [0.5, 0.6) is 0 Å². The monoisotopic (exact) mass is 249 g/mol. The highest BCUT2D eigenvalue weighted by Crippen LogP contribution is 2.27. The standard InChI is InChI=1S/C15H27N3/c1-13(2)18-11-8-14(17-18)12-15(16)9-6-4-3-5-7-10-15/h8,11,13H,3-7,9-10,12,16H2,1-2H3. The van der Waals surface area contributed by atoms with Crippen molar-refractivity contribution in [3.63, 3.8) is 0 Å². The first kappa shape index (κ1) is 13.6. The molecule has 1 fully saturated rings. The number of nitrogens with two attached hydrogens (primary N) is 1. The molecule has 1 aliphatic carbocycles. The zero-order valence-corrected chi connectivity index (χ0v) is 11.9. The van der Waals surface area contributed by atoms with Gasteiger partial charge in [-0.2, -0.15) is 5.10 Å². The SMILES string of the molecule is CC(C)n1ccc(CC2(N)CCCCCCC2)n1. The Balaban J connectivity index is 2.00. The summed E-state index contributed by atoms with van der Waals surface area (Å²) in [5.74, 6) is 0. The molecular weight excluding hydrogens is 222 g/mol. The zero-order valence-electron chi connectivity index (χ0n) is 11.9. The van der Waals surface area contributed by atoms with Crippen LogP contribution in [0.15, 0.2) is 12.3 Å². The molecule has 0 saturated heterocycles. The van der Waals surface area contributed by atoms with E-state index in [9.17, 15) is 0 Å². The third kappa shape index (κ3) is 3.58. The van der Waals surface area contributed by atoms with Crippen LogP contribution in [-0.2, 0) is 6.42 Å². The average molecular weight is 249 g/mol. The topological polar surface area (TPSA) is 43.8 Å². The first-order chi connectivity index (χ1) is 8.59. The van der Waals surface area contributed by atoms with E-state index < -0.39 is 0 Å². The van der Waals surface area contributed by atoms with Crippen LogP contribution in [0, 0.1) is 0 Å². The Morgan fingerprint density at radius 1 is 1.22 bits per heavy atom. The maximum absolute atomic E-state index is 6.60. The van der Waals surface area contributed by atoms with Crippen LogP contribution in [0.3, 0.4) is 0 Å². The van der Waals surface area contributed by atoms with Crippen molar-refractivity contribution in [2.75, 3.05) is 0 Å². The van der Waals surface area contributed by atoms with Crippen LogP contribution >= 0.6 is 0 Å². The molecule has 0 radical (unpaired) electrons. The molecule has 0 spiro atoms. The van der Waals surface area contributed by atoms with E-state index in [0.717, 1.165) is 25.0 Å². The molecule has 1 saturated carbocycles. The van der Waals surface area contributed by atoms with Gasteiger partial charge >= 0.3 is 0 Å². The first-order valence-corrected chi connectivity index (χ1v) is 7.42. The normalized spacial score (nSPS) is 20.7. The summed E-state index contributed by atoms with van der Waals surface area (Å²) in [6.45, 7) is 4.32. The van der Waals surface area contributed by atoms with E-state index in [4.69, 9.17) is 5.73 Å². The van der Waals surface area contributed by atoms with Gasteiger partial charge < -0.3 is 5.73 Å². The lowest BCUT2D eigenvalue weighted by atomic mass is 9.81. The van der Waals surface area contributed by atoms with E-state index >= 15 is 0 Å². The Morgan fingerprint density at radius 3 is 2.39 bits per heavy atom. The van der Waals surface area contributed by atoms with Crippen molar-refractivity contribution in [2.45, 2.75) is 76.8 Å². The molecule has 102 valence electrons. The highest BCUT2D eigenvalue weighted by atomic mass is 15.3. The summed E-state index contributed by atoms with van der Waals surface area (Å²) in [7, 11) is 0. The van der Waals surface area contributed by atoms with Crippen LogP contribution in [0.4, 0.5) is 0 Å². The van der Waals surface area contributed by atoms with Gasteiger partial charge in [-0.15, -0.1) is 0 Å². The Bertz CT molecular complexity index is 360. The van der Waals surface area contributed by atoms with Crippen molar-refractivity contribution < 1.29 is 0 Å². The minimum atomic E-state index is -0.0173. The van der Waals surface area contributed by atoms with Crippen molar-refractivity contribution in [3.8, 4) is 0 Å². The second-order valence-electron chi connectivity index (χ2n) is 6.19. The number of rotatable bonds is 3. The molecule has 1 aromatic rings. The van der Waals surface area contributed by atoms with Crippen molar-refractivity contribution in [3.05, 3.63) is 18.0 Å². The molecule has 0 amide bonds. The second-order valence-corrected chi connectivity index (χ2v) is 6.19. The highest BCUT2D eigenvalue weighted by molar-refractivity contribution is 5.06. The van der Waals surface area contributed by atoms with E-state index in [2.05, 4.69) is 31.2 Å². The minimum absolute atomic E-state index is 0.0173. The van der Waals surface area contributed by atoms with Gasteiger partial charge in [-0.1, -0.05) is 32.1 Å². The van der Waals surface area contributed by atoms with Crippen LogP contribution in [0.25, 0.3) is 0 Å². The van der Waals surface area contributed by atoms with Crippen LogP contribution < -0.4 is 5.73 Å². The summed E-state index contributed by atoms with van der Waals surface area (Å²) >= 11 is 0. The molecular formula is C15H27N3. The smallest absolute Gasteiger partial charge is 0.0643 e. The van der Waals surface area contributed by atoms with Crippen LogP contribution in [0.2, 0.25) is 0 Å². The second kappa shape index (κ2) is 5.87. The fourth-order valence-electron chi connectivity index (χ4n) is 2.91. The van der Waals surface area contributed by atoms with E-state index in [1.54, 1.807) is 0 Å². The summed E-state index contributed by atoms with van der Waals surface area (Å²) in [5.41, 5.74) is 7.74. The number of hydrogen-bond acceptors (Lipinski definition) is 2. The summed E-state index contributed by atoms with van der Waals surface area (Å²) in [6, 6.07) is 2.57. The van der Waals surface area contributed by atoms with Crippen LogP contribution in [-0.4, -0.2) is 15.3 Å². The van der Waals surface area contributed by atoms with Gasteiger partial charge in [0.15, 0.2) is 0 Å². The summed E-state index contributed by atoms with van der Waals surface area (Å²) in [4.78, 5) is 0. The molecule has 0 aliphatic heterocycles. The third-order valence-corrected chi connectivity index (χ3v) is 4.08. The fourth-order valence-corrected chi connectivity index (χ4v) is 2.91. The van der Waals surface area contributed by atoms with E-state index in [-0.39, 0.29) is 5.54 Å². The molecule has 0 aromatic carbocycles. The quantitative estimate of drug-likeness (QED) is 0.891. The van der Waals surface area contributed by atoms with Gasteiger partial charge in [0.25, 0.3) is 0 Å². The Morgan fingerprint density at radius 2 is 1.83 bits per heavy atom. The maximum atomic E-state index is 6.60. The van der Waals surface area contributed by atoms with Gasteiger partial charge in [0.1, 0.15) is 0 Å². The molecule has 18 heavy (non-hydrogen) atoms. The minimum Gasteiger partial charge on any atom is -0.325 e. The Labute approximate surface area is 111 Å². The lowest BCUT2D eigenvalue weighted by molar-refractivity contribution is 0.311. The largest absolute Gasteiger partial charge is 0.325 e. The van der Waals surface area contributed by atoms with Gasteiger partial charge in [-0.05, 0) is 32.8 Å². The van der Waals surface area contributed by atoms with Gasteiger partial charge in [-0.3, -0.25) is 4.68 Å². The van der Waals surface area contributed by atoms with E-state index in [0.29, 0.717) is 6.04 Å². The van der Waals surface area contributed by atoms with Crippen molar-refractivity contribution in [2.24, 2.45) is 5.73 Å². The van der Waals surface area contributed by atoms with Crippen molar-refractivity contribution >= 4 is 0 Å². The zero-order chi connectivity index (χ0) is 13.0. The molecule has 0 bridgehead atoms. The Kier molecular flexibility index (Phi) is 4.44. The summed E-state index contributed by atoms with van der Waals surface area (Å²) in [6.07, 6.45) is 12.0. The van der Waals surface area contributed by atoms with Gasteiger partial charge in [0, 0.05) is 24.2 Å². The number of aromatic nitrogens is 2. The fraction of sp³-hybridized carbons (Fsp3) is 0.800. The molecule has 0 unspecified atom stereocenters. The molecule has 2 rings (SSSR count). The number of hydrogen-bond donors (Lipinski definition) is 1. The maximum Gasteiger partial charge on any atom is 0.0643 e. The van der Waals surface area contributed by atoms with Crippen molar-refractivity contribution in [1.29, 1.82) is 0 Å². The van der Waals surface area contributed by atoms with E-state index in [1.165, 1.54) is 32.1 Å². The molecule has 1 aliphatic rings. The average Bonchev–Trinajstić information content (AvgIpc) is 2.73. The van der Waals surface area contributed by atoms with E-state index in [1.807, 2.05) is 4.68 Å². The predicted octanol–water partition coefficient (Wildman–Crippen LogP) is 3.45. The highest BCUT2D eigenvalue weighted by Gasteiger charge is 2.26. The van der Waals surface area contributed by atoms with Crippen molar-refractivity contribution in [1.82, 2.24) is 9.78 Å². The predicted molar refractivity (Wildman–Crippen MR) is 75.6 cm³/mol. The molecule has 1 aromatic heterocycles. The molecule has 0 atom stereocenters. The van der Waals surface area contributed by atoms with Gasteiger partial charge in [-0.25, -0.2) is 0 Å². The lowest BCUT2D eigenvalue weighted by Crippen LogP contribution is -2.42. The molecule has 3 heteroatoms. The summed E-state index contributed by atoms with van der Waals surface area (Å²) in [5, 5.41) is 4.64. The number of nitrogens with zero attached hydrogens (tertiary/aromatic N) is 2. The third-order valence-electron chi connectivity index (χ3n) is 4.08. The molecule has 3 nitrogen and oxygen atoms in total. The van der Waals surface area contributed by atoms with Gasteiger partial charge in [0.2, 0.25) is 0 Å². The Hall–Kier alpha value is -0.830. The molecule has 1 heterocycles. The lowest BCUT2D eigenvalue weighted by Gasteiger charge is -2.30.